The average Bonchev–Trinajstić information content (AvgIpc) is 2.99. The van der Waals surface area contributed by atoms with Crippen LogP contribution in [0.25, 0.3) is 6.08 Å². The van der Waals surface area contributed by atoms with Crippen LogP contribution >= 0.6 is 35.6 Å². The molecule has 0 aromatic heterocycles. The SMILES string of the molecule is CCN1C(=O)/C(=C/c2ccc(OCCOc3ccccc3Cl)c(OC)c2)SC1=S. The molecule has 0 bridgehead atoms. The molecule has 1 saturated heterocycles. The van der Waals surface area contributed by atoms with E-state index in [0.29, 0.717) is 51.3 Å². The molecule has 3 rings (SSSR count). The number of likely N-dealkylation sites (N-methyl/N-ethyl adjacent to an activating group) is 1. The zero-order valence-corrected chi connectivity index (χ0v) is 18.4. The predicted octanol–water partition coefficient (Wildman–Crippen LogP) is 5.03. The first kappa shape index (κ1) is 21.5. The molecular weight excluding hydrogens is 430 g/mol. The van der Waals surface area contributed by atoms with Crippen molar-refractivity contribution in [1.82, 2.24) is 4.90 Å². The summed E-state index contributed by atoms with van der Waals surface area (Å²) >= 11 is 12.6. The molecule has 29 heavy (non-hydrogen) atoms. The third kappa shape index (κ3) is 5.23. The maximum Gasteiger partial charge on any atom is 0.266 e. The number of ether oxygens (including phenoxy) is 3. The number of rotatable bonds is 8. The van der Waals surface area contributed by atoms with Crippen molar-refractivity contribution < 1.29 is 19.0 Å². The Labute approximate surface area is 184 Å². The van der Waals surface area contributed by atoms with E-state index in [4.69, 9.17) is 38.0 Å². The number of thiocarbonyl (C=S) groups is 1. The number of hydrogen-bond donors (Lipinski definition) is 0. The highest BCUT2D eigenvalue weighted by Crippen LogP contribution is 2.34. The maximum atomic E-state index is 12.4. The summed E-state index contributed by atoms with van der Waals surface area (Å²) in [5.74, 6) is 1.71. The molecule has 1 amide bonds. The van der Waals surface area contributed by atoms with Crippen LogP contribution < -0.4 is 14.2 Å². The van der Waals surface area contributed by atoms with Crippen molar-refractivity contribution in [3.05, 3.63) is 58.0 Å². The number of amides is 1. The van der Waals surface area contributed by atoms with Crippen molar-refractivity contribution in [3.8, 4) is 17.2 Å². The fourth-order valence-electron chi connectivity index (χ4n) is 2.68. The second-order valence-electron chi connectivity index (χ2n) is 5.96. The highest BCUT2D eigenvalue weighted by Gasteiger charge is 2.30. The van der Waals surface area contributed by atoms with E-state index in [9.17, 15) is 4.79 Å². The Morgan fingerprint density at radius 3 is 2.48 bits per heavy atom. The lowest BCUT2D eigenvalue weighted by molar-refractivity contribution is -0.121. The predicted molar refractivity (Wildman–Crippen MR) is 121 cm³/mol. The Balaban J connectivity index is 1.63. The zero-order chi connectivity index (χ0) is 20.8. The van der Waals surface area contributed by atoms with Gasteiger partial charge in [-0.1, -0.05) is 53.8 Å². The van der Waals surface area contributed by atoms with Crippen molar-refractivity contribution in [2.24, 2.45) is 0 Å². The van der Waals surface area contributed by atoms with Crippen LogP contribution in [0.4, 0.5) is 0 Å². The Hall–Kier alpha value is -2.22. The summed E-state index contributed by atoms with van der Waals surface area (Å²) in [6, 6.07) is 12.8. The first-order chi connectivity index (χ1) is 14.0. The second kappa shape index (κ2) is 10.0. The fourth-order valence-corrected chi connectivity index (χ4v) is 4.26. The largest absolute Gasteiger partial charge is 0.493 e. The van der Waals surface area contributed by atoms with Gasteiger partial charge in [0.25, 0.3) is 5.91 Å². The molecule has 5 nitrogen and oxygen atoms in total. The van der Waals surface area contributed by atoms with Crippen molar-refractivity contribution in [3.63, 3.8) is 0 Å². The molecule has 8 heteroatoms. The normalized spacial score (nSPS) is 15.1. The summed E-state index contributed by atoms with van der Waals surface area (Å²) in [7, 11) is 1.57. The van der Waals surface area contributed by atoms with Crippen molar-refractivity contribution in [1.29, 1.82) is 0 Å². The monoisotopic (exact) mass is 449 g/mol. The van der Waals surface area contributed by atoms with Gasteiger partial charge < -0.3 is 14.2 Å². The number of nitrogens with zero attached hydrogens (tertiary/aromatic N) is 1. The van der Waals surface area contributed by atoms with E-state index in [-0.39, 0.29) is 5.91 Å². The molecule has 0 radical (unpaired) electrons. The highest BCUT2D eigenvalue weighted by atomic mass is 35.5. The molecule has 2 aromatic carbocycles. The van der Waals surface area contributed by atoms with E-state index in [0.717, 1.165) is 5.56 Å². The second-order valence-corrected chi connectivity index (χ2v) is 8.05. The van der Waals surface area contributed by atoms with Gasteiger partial charge in [-0.3, -0.25) is 9.69 Å². The van der Waals surface area contributed by atoms with Crippen molar-refractivity contribution >= 4 is 51.9 Å². The van der Waals surface area contributed by atoms with Crippen molar-refractivity contribution in [2.75, 3.05) is 26.9 Å². The molecule has 0 saturated carbocycles. The van der Waals surface area contributed by atoms with E-state index in [1.165, 1.54) is 11.8 Å². The minimum Gasteiger partial charge on any atom is -0.493 e. The van der Waals surface area contributed by atoms with Crippen LogP contribution in [0.3, 0.4) is 0 Å². The van der Waals surface area contributed by atoms with Gasteiger partial charge in [0, 0.05) is 6.54 Å². The number of carbonyl (C=O) groups is 1. The molecule has 2 aromatic rings. The molecule has 1 aliphatic rings. The molecule has 0 N–H and O–H groups in total. The summed E-state index contributed by atoms with van der Waals surface area (Å²) < 4.78 is 17.4. The van der Waals surface area contributed by atoms with E-state index in [2.05, 4.69) is 0 Å². The Bertz CT molecular complexity index is 948. The smallest absolute Gasteiger partial charge is 0.266 e. The number of para-hydroxylation sites is 1. The quantitative estimate of drug-likeness (QED) is 0.320. The van der Waals surface area contributed by atoms with Gasteiger partial charge in [0.15, 0.2) is 11.5 Å². The van der Waals surface area contributed by atoms with Crippen LogP contribution in [-0.4, -0.2) is 42.0 Å². The van der Waals surface area contributed by atoms with Gasteiger partial charge in [0.2, 0.25) is 0 Å². The van der Waals surface area contributed by atoms with Gasteiger partial charge in [0.05, 0.1) is 17.0 Å². The van der Waals surface area contributed by atoms with Crippen LogP contribution in [0.5, 0.6) is 17.2 Å². The van der Waals surface area contributed by atoms with E-state index >= 15 is 0 Å². The third-order valence-corrected chi connectivity index (χ3v) is 5.80. The number of methoxy groups -OCH3 is 1. The molecule has 0 aliphatic carbocycles. The molecule has 1 heterocycles. The summed E-state index contributed by atoms with van der Waals surface area (Å²) in [5, 5.41) is 0.558. The minimum absolute atomic E-state index is 0.0708. The topological polar surface area (TPSA) is 48.0 Å². The third-order valence-electron chi connectivity index (χ3n) is 4.11. The molecule has 0 atom stereocenters. The lowest BCUT2D eigenvalue weighted by atomic mass is 10.2. The average molecular weight is 450 g/mol. The molecule has 1 fully saturated rings. The van der Waals surface area contributed by atoms with Crippen LogP contribution in [0.2, 0.25) is 5.02 Å². The van der Waals surface area contributed by atoms with E-state index < -0.39 is 0 Å². The number of hydrogen-bond acceptors (Lipinski definition) is 6. The van der Waals surface area contributed by atoms with Gasteiger partial charge in [-0.15, -0.1) is 0 Å². The Morgan fingerprint density at radius 1 is 1.10 bits per heavy atom. The van der Waals surface area contributed by atoms with Crippen molar-refractivity contribution in [2.45, 2.75) is 6.92 Å². The Morgan fingerprint density at radius 2 is 1.83 bits per heavy atom. The fraction of sp³-hybridized carbons (Fsp3) is 0.238. The highest BCUT2D eigenvalue weighted by molar-refractivity contribution is 8.26. The molecule has 0 unspecified atom stereocenters. The van der Waals surface area contributed by atoms with Gasteiger partial charge in [0.1, 0.15) is 23.3 Å². The van der Waals surface area contributed by atoms with Gasteiger partial charge in [-0.25, -0.2) is 0 Å². The number of thioether (sulfide) groups is 1. The van der Waals surface area contributed by atoms with E-state index in [1.807, 2.05) is 37.3 Å². The molecule has 152 valence electrons. The van der Waals surface area contributed by atoms with Gasteiger partial charge in [-0.05, 0) is 42.8 Å². The Kier molecular flexibility index (Phi) is 7.41. The molecule has 1 aliphatic heterocycles. The van der Waals surface area contributed by atoms with Gasteiger partial charge >= 0.3 is 0 Å². The first-order valence-electron chi connectivity index (χ1n) is 8.97. The molecule has 0 spiro atoms. The summed E-state index contributed by atoms with van der Waals surface area (Å²) in [5.41, 5.74) is 0.832. The summed E-state index contributed by atoms with van der Waals surface area (Å²) in [6.45, 7) is 3.14. The van der Waals surface area contributed by atoms with Crippen LogP contribution in [0, 0.1) is 0 Å². The van der Waals surface area contributed by atoms with Crippen LogP contribution in [-0.2, 0) is 4.79 Å². The zero-order valence-electron chi connectivity index (χ0n) is 16.0. The number of benzene rings is 2. The summed E-state index contributed by atoms with van der Waals surface area (Å²) in [4.78, 5) is 14.5. The minimum atomic E-state index is -0.0708. The lowest BCUT2D eigenvalue weighted by Crippen LogP contribution is -2.27. The maximum absolute atomic E-state index is 12.4. The number of halogens is 1. The van der Waals surface area contributed by atoms with Crippen LogP contribution in [0.1, 0.15) is 12.5 Å². The summed E-state index contributed by atoms with van der Waals surface area (Å²) in [6.07, 6.45) is 1.81. The van der Waals surface area contributed by atoms with Crippen LogP contribution in [0.15, 0.2) is 47.4 Å². The van der Waals surface area contributed by atoms with E-state index in [1.54, 1.807) is 30.2 Å². The standard InChI is InChI=1S/C21H20ClNO4S2/c1-3-23-20(24)19(29-21(23)28)13-14-8-9-17(18(12-14)25-2)27-11-10-26-16-7-5-4-6-15(16)22/h4-9,12-13H,3,10-11H2,1-2H3/b19-13-. The van der Waals surface area contributed by atoms with Gasteiger partial charge in [-0.2, -0.15) is 0 Å². The first-order valence-corrected chi connectivity index (χ1v) is 10.6. The molecular formula is C21H20ClNO4S2. The number of carbonyl (C=O) groups excluding carboxylic acids is 1. The lowest BCUT2D eigenvalue weighted by Gasteiger charge is -2.12.